The second kappa shape index (κ2) is 6.11. The van der Waals surface area contributed by atoms with Gasteiger partial charge in [-0.3, -0.25) is 14.6 Å². The molecule has 1 aromatic heterocycles. The molecule has 0 radical (unpaired) electrons. The standard InChI is InChI=1S/C17H27N5O2/c1-13-19-18-12-21(13)7-6-20-8-14-9-22(15-4-2-3-5-15)11-17(14,10-20)16(23)24/h12,14-15H,2-11H2,1H3,(H,23,24)/t14-,17-/m1/s1. The minimum absolute atomic E-state index is 0.262. The molecule has 2 aliphatic heterocycles. The number of carboxylic acid groups (broad SMARTS) is 1. The molecular weight excluding hydrogens is 306 g/mol. The van der Waals surface area contributed by atoms with Gasteiger partial charge in [0.2, 0.25) is 0 Å². The van der Waals surface area contributed by atoms with Crippen LogP contribution in [-0.4, -0.2) is 74.4 Å². The van der Waals surface area contributed by atoms with Gasteiger partial charge >= 0.3 is 5.97 Å². The Kier molecular flexibility index (Phi) is 4.08. The maximum Gasteiger partial charge on any atom is 0.312 e. The summed E-state index contributed by atoms with van der Waals surface area (Å²) in [4.78, 5) is 16.9. The predicted molar refractivity (Wildman–Crippen MR) is 88.6 cm³/mol. The maximum absolute atomic E-state index is 12.1. The molecule has 1 saturated carbocycles. The Morgan fingerprint density at radius 1 is 1.29 bits per heavy atom. The highest BCUT2D eigenvalue weighted by Crippen LogP contribution is 2.44. The largest absolute Gasteiger partial charge is 0.481 e. The summed E-state index contributed by atoms with van der Waals surface area (Å²) in [6, 6.07) is 0.625. The van der Waals surface area contributed by atoms with E-state index in [4.69, 9.17) is 0 Å². The summed E-state index contributed by atoms with van der Waals surface area (Å²) >= 11 is 0. The van der Waals surface area contributed by atoms with Crippen molar-refractivity contribution in [3.05, 3.63) is 12.2 Å². The minimum atomic E-state index is -0.601. The molecule has 0 bridgehead atoms. The molecule has 7 heteroatoms. The van der Waals surface area contributed by atoms with Gasteiger partial charge in [0.05, 0.1) is 5.41 Å². The number of nitrogens with zero attached hydrogens (tertiary/aromatic N) is 5. The van der Waals surface area contributed by atoms with Crippen LogP contribution in [0.15, 0.2) is 6.33 Å². The van der Waals surface area contributed by atoms with E-state index in [-0.39, 0.29) is 5.92 Å². The van der Waals surface area contributed by atoms with Gasteiger partial charge in [-0.25, -0.2) is 0 Å². The molecule has 24 heavy (non-hydrogen) atoms. The average Bonchev–Trinajstić information content (AvgIpc) is 3.28. The summed E-state index contributed by atoms with van der Waals surface area (Å²) < 4.78 is 2.03. The maximum atomic E-state index is 12.1. The fraction of sp³-hybridized carbons (Fsp3) is 0.824. The van der Waals surface area contributed by atoms with Crippen molar-refractivity contribution in [2.45, 2.75) is 45.2 Å². The first-order chi connectivity index (χ1) is 11.6. The number of rotatable bonds is 5. The van der Waals surface area contributed by atoms with E-state index in [0.29, 0.717) is 12.6 Å². The van der Waals surface area contributed by atoms with Crippen molar-refractivity contribution in [3.8, 4) is 0 Å². The van der Waals surface area contributed by atoms with E-state index in [1.807, 2.05) is 11.5 Å². The number of aliphatic carboxylic acids is 1. The molecule has 1 N–H and O–H groups in total. The molecular formula is C17H27N5O2. The molecule has 1 aromatic rings. The van der Waals surface area contributed by atoms with E-state index >= 15 is 0 Å². The predicted octanol–water partition coefficient (Wildman–Crippen LogP) is 0.848. The molecule has 7 nitrogen and oxygen atoms in total. The van der Waals surface area contributed by atoms with E-state index in [0.717, 1.165) is 38.5 Å². The van der Waals surface area contributed by atoms with Crippen LogP contribution in [0.1, 0.15) is 31.5 Å². The number of likely N-dealkylation sites (tertiary alicyclic amines) is 2. The van der Waals surface area contributed by atoms with Gasteiger partial charge in [0, 0.05) is 51.2 Å². The van der Waals surface area contributed by atoms with Crippen LogP contribution in [0.5, 0.6) is 0 Å². The molecule has 4 rings (SSSR count). The normalized spacial score (nSPS) is 31.8. The molecule has 3 aliphatic rings. The highest BCUT2D eigenvalue weighted by molar-refractivity contribution is 5.77. The fourth-order valence-electron chi connectivity index (χ4n) is 5.01. The first-order valence-electron chi connectivity index (χ1n) is 9.13. The zero-order valence-corrected chi connectivity index (χ0v) is 14.4. The Hall–Kier alpha value is -1.47. The summed E-state index contributed by atoms with van der Waals surface area (Å²) in [6.07, 6.45) is 6.85. The van der Waals surface area contributed by atoms with Crippen LogP contribution in [0.2, 0.25) is 0 Å². The van der Waals surface area contributed by atoms with Crippen LogP contribution < -0.4 is 0 Å². The van der Waals surface area contributed by atoms with Gasteiger partial charge in [0.15, 0.2) is 0 Å². The summed E-state index contributed by atoms with van der Waals surface area (Å²) in [6.45, 7) is 6.92. The van der Waals surface area contributed by atoms with E-state index in [1.165, 1.54) is 25.7 Å². The summed E-state index contributed by atoms with van der Waals surface area (Å²) in [5.74, 6) is 0.573. The summed E-state index contributed by atoms with van der Waals surface area (Å²) in [7, 11) is 0. The number of fused-ring (bicyclic) bond motifs is 1. The zero-order valence-electron chi connectivity index (χ0n) is 14.4. The van der Waals surface area contributed by atoms with E-state index in [9.17, 15) is 9.90 Å². The highest BCUT2D eigenvalue weighted by atomic mass is 16.4. The van der Waals surface area contributed by atoms with Crippen LogP contribution >= 0.6 is 0 Å². The third-order valence-corrected chi connectivity index (χ3v) is 6.44. The first-order valence-corrected chi connectivity index (χ1v) is 9.13. The van der Waals surface area contributed by atoms with Crippen LogP contribution in [-0.2, 0) is 11.3 Å². The number of aryl methyl sites for hydroxylation is 1. The smallest absolute Gasteiger partial charge is 0.312 e. The summed E-state index contributed by atoms with van der Waals surface area (Å²) in [5.41, 5.74) is -0.565. The van der Waals surface area contributed by atoms with Crippen molar-refractivity contribution >= 4 is 5.97 Å². The molecule has 0 spiro atoms. The van der Waals surface area contributed by atoms with Crippen LogP contribution in [0.3, 0.4) is 0 Å². The van der Waals surface area contributed by atoms with Crippen molar-refractivity contribution < 1.29 is 9.90 Å². The quantitative estimate of drug-likeness (QED) is 0.861. The molecule has 0 unspecified atom stereocenters. The monoisotopic (exact) mass is 333 g/mol. The van der Waals surface area contributed by atoms with Crippen molar-refractivity contribution in [2.75, 3.05) is 32.7 Å². The Labute approximate surface area is 142 Å². The molecule has 0 aromatic carbocycles. The Bertz CT molecular complexity index is 612. The van der Waals surface area contributed by atoms with E-state index in [1.54, 1.807) is 6.33 Å². The van der Waals surface area contributed by atoms with Crippen LogP contribution in [0.4, 0.5) is 0 Å². The molecule has 0 amide bonds. The lowest BCUT2D eigenvalue weighted by Crippen LogP contribution is -2.43. The molecule has 2 atom stereocenters. The molecule has 1 aliphatic carbocycles. The molecule has 3 heterocycles. The number of hydrogen-bond donors (Lipinski definition) is 1. The molecule has 132 valence electrons. The number of aromatic nitrogens is 3. The molecule has 3 fully saturated rings. The van der Waals surface area contributed by atoms with Crippen molar-refractivity contribution in [1.82, 2.24) is 24.6 Å². The number of carboxylic acids is 1. The fourth-order valence-corrected chi connectivity index (χ4v) is 5.01. The van der Waals surface area contributed by atoms with Gasteiger partial charge < -0.3 is 9.67 Å². The van der Waals surface area contributed by atoms with Crippen molar-refractivity contribution in [2.24, 2.45) is 11.3 Å². The average molecular weight is 333 g/mol. The lowest BCUT2D eigenvalue weighted by molar-refractivity contribution is -0.149. The SMILES string of the molecule is Cc1nncn1CCN1C[C@@H]2CN(C3CCCC3)C[C@]2(C(=O)O)C1. The van der Waals surface area contributed by atoms with Gasteiger partial charge in [-0.05, 0) is 19.8 Å². The lowest BCUT2D eigenvalue weighted by Gasteiger charge is -2.28. The molecule has 2 saturated heterocycles. The van der Waals surface area contributed by atoms with Gasteiger partial charge in [0.1, 0.15) is 12.2 Å². The number of carbonyl (C=O) groups is 1. The van der Waals surface area contributed by atoms with Crippen molar-refractivity contribution in [3.63, 3.8) is 0 Å². The Morgan fingerprint density at radius 2 is 2.08 bits per heavy atom. The number of hydrogen-bond acceptors (Lipinski definition) is 5. The zero-order chi connectivity index (χ0) is 16.7. The second-order valence-electron chi connectivity index (χ2n) is 7.83. The highest BCUT2D eigenvalue weighted by Gasteiger charge is 2.58. The summed E-state index contributed by atoms with van der Waals surface area (Å²) in [5, 5.41) is 17.9. The van der Waals surface area contributed by atoms with Crippen LogP contribution in [0, 0.1) is 18.3 Å². The topological polar surface area (TPSA) is 74.5 Å². The lowest BCUT2D eigenvalue weighted by atomic mass is 9.81. The second-order valence-corrected chi connectivity index (χ2v) is 7.83. The van der Waals surface area contributed by atoms with E-state index < -0.39 is 11.4 Å². The Morgan fingerprint density at radius 3 is 2.71 bits per heavy atom. The minimum Gasteiger partial charge on any atom is -0.481 e. The van der Waals surface area contributed by atoms with Gasteiger partial charge in [0.25, 0.3) is 0 Å². The van der Waals surface area contributed by atoms with Gasteiger partial charge in [-0.15, -0.1) is 10.2 Å². The van der Waals surface area contributed by atoms with Gasteiger partial charge in [-0.2, -0.15) is 0 Å². The van der Waals surface area contributed by atoms with Crippen molar-refractivity contribution in [1.29, 1.82) is 0 Å². The Balaban J connectivity index is 1.41. The third-order valence-electron chi connectivity index (χ3n) is 6.44. The van der Waals surface area contributed by atoms with Crippen LogP contribution in [0.25, 0.3) is 0 Å². The third kappa shape index (κ3) is 2.63. The van der Waals surface area contributed by atoms with Gasteiger partial charge in [-0.1, -0.05) is 12.8 Å². The first kappa shape index (κ1) is 16.0. The van der Waals surface area contributed by atoms with E-state index in [2.05, 4.69) is 20.0 Å².